The Morgan fingerprint density at radius 2 is 0.951 bits per heavy atom. The van der Waals surface area contributed by atoms with Crippen molar-refractivity contribution < 1.29 is 0 Å². The summed E-state index contributed by atoms with van der Waals surface area (Å²) in [4.78, 5) is 2.35. The molecule has 0 bridgehead atoms. The summed E-state index contributed by atoms with van der Waals surface area (Å²) in [6, 6.07) is 52.8. The van der Waals surface area contributed by atoms with E-state index in [2.05, 4.69) is 169 Å². The van der Waals surface area contributed by atoms with E-state index in [0.29, 0.717) is 0 Å². The van der Waals surface area contributed by atoms with E-state index in [9.17, 15) is 0 Å². The van der Waals surface area contributed by atoms with Gasteiger partial charge in [-0.3, -0.25) is 0 Å². The molecule has 1 aliphatic carbocycles. The minimum absolute atomic E-state index is 0.144. The first kappa shape index (κ1) is 23.8. The Kier molecular flexibility index (Phi) is 5.20. The zero-order valence-corrected chi connectivity index (χ0v) is 23.3. The Morgan fingerprint density at radius 1 is 0.463 bits per heavy atom. The Hall–Kier alpha value is -5.08. The van der Waals surface area contributed by atoms with Gasteiger partial charge in [-0.2, -0.15) is 0 Å². The van der Waals surface area contributed by atoms with E-state index in [1.165, 1.54) is 55.4 Å². The summed E-state index contributed by atoms with van der Waals surface area (Å²) in [6.07, 6.45) is 0. The van der Waals surface area contributed by atoms with Crippen molar-refractivity contribution >= 4 is 38.9 Å². The Bertz CT molecular complexity index is 1970. The van der Waals surface area contributed by atoms with Gasteiger partial charge in [-0.25, -0.2) is 0 Å². The lowest BCUT2D eigenvalue weighted by Gasteiger charge is -2.28. The predicted molar refractivity (Wildman–Crippen MR) is 173 cm³/mol. The fraction of sp³-hybridized carbons (Fsp3) is 0.0769. The van der Waals surface area contributed by atoms with Gasteiger partial charge in [-0.15, -0.1) is 0 Å². The molecule has 0 saturated carbocycles. The van der Waals surface area contributed by atoms with Gasteiger partial charge in [0.05, 0.1) is 11.0 Å². The molecule has 0 amide bonds. The topological polar surface area (TPSA) is 8.17 Å². The monoisotopic (exact) mass is 526 g/mol. The molecule has 7 aromatic rings. The second-order valence-corrected chi connectivity index (χ2v) is 11.5. The quantitative estimate of drug-likeness (QED) is 0.221. The molecule has 1 aromatic heterocycles. The van der Waals surface area contributed by atoms with E-state index >= 15 is 0 Å². The van der Waals surface area contributed by atoms with Crippen LogP contribution in [0.25, 0.3) is 38.6 Å². The molecule has 196 valence electrons. The number of fused-ring (bicyclic) bond motifs is 6. The van der Waals surface area contributed by atoms with Crippen LogP contribution in [0.1, 0.15) is 25.0 Å². The standard InChI is InChI=1S/C39H30N2/c1-39(2)35-25-29(40(27-13-5-3-6-14-27)28-15-7-4-8-16-28)21-23-31(35)32-24-22-30(26-36(32)39)41-37-19-11-9-17-33(37)34-18-10-12-20-38(34)41/h3-26H,1-2H3. The number of hydrogen-bond acceptors (Lipinski definition) is 1. The molecule has 0 spiro atoms. The van der Waals surface area contributed by atoms with Crippen molar-refractivity contribution in [1.29, 1.82) is 0 Å². The molecule has 0 unspecified atom stereocenters. The van der Waals surface area contributed by atoms with Crippen molar-refractivity contribution in [3.05, 3.63) is 157 Å². The highest BCUT2D eigenvalue weighted by atomic mass is 15.1. The highest BCUT2D eigenvalue weighted by Gasteiger charge is 2.36. The number of rotatable bonds is 4. The summed E-state index contributed by atoms with van der Waals surface area (Å²) in [7, 11) is 0. The molecule has 0 N–H and O–H groups in total. The number of nitrogens with zero attached hydrogens (tertiary/aromatic N) is 2. The number of anilines is 3. The fourth-order valence-electron chi connectivity index (χ4n) is 6.79. The normalized spacial score (nSPS) is 13.3. The highest BCUT2D eigenvalue weighted by Crippen LogP contribution is 2.51. The fourth-order valence-corrected chi connectivity index (χ4v) is 6.79. The van der Waals surface area contributed by atoms with Crippen LogP contribution in [0.4, 0.5) is 17.1 Å². The average molecular weight is 527 g/mol. The number of para-hydroxylation sites is 4. The SMILES string of the molecule is CC1(C)c2cc(N(c3ccccc3)c3ccccc3)ccc2-c2ccc(-n3c4ccccc4c4ccccc43)cc21. The second kappa shape index (κ2) is 8.97. The average Bonchev–Trinajstić information content (AvgIpc) is 3.47. The molecule has 0 saturated heterocycles. The first-order valence-corrected chi connectivity index (χ1v) is 14.3. The maximum absolute atomic E-state index is 2.42. The van der Waals surface area contributed by atoms with Crippen LogP contribution in [0, 0.1) is 0 Å². The Labute approximate surface area is 240 Å². The lowest BCUT2D eigenvalue weighted by molar-refractivity contribution is 0.660. The first-order valence-electron chi connectivity index (χ1n) is 14.3. The van der Waals surface area contributed by atoms with Gasteiger partial charge in [0.2, 0.25) is 0 Å². The van der Waals surface area contributed by atoms with Gasteiger partial charge in [0, 0.05) is 38.9 Å². The van der Waals surface area contributed by atoms with Crippen molar-refractivity contribution in [3.63, 3.8) is 0 Å². The van der Waals surface area contributed by atoms with Crippen molar-refractivity contribution in [2.75, 3.05) is 4.90 Å². The molecule has 41 heavy (non-hydrogen) atoms. The van der Waals surface area contributed by atoms with Crippen molar-refractivity contribution in [1.82, 2.24) is 4.57 Å². The third-order valence-corrected chi connectivity index (χ3v) is 8.77. The predicted octanol–water partition coefficient (Wildman–Crippen LogP) is 10.6. The van der Waals surface area contributed by atoms with Crippen LogP contribution in [-0.4, -0.2) is 4.57 Å². The summed E-state index contributed by atoms with van der Waals surface area (Å²) >= 11 is 0. The van der Waals surface area contributed by atoms with E-state index < -0.39 is 0 Å². The molecule has 0 aliphatic heterocycles. The number of hydrogen-bond donors (Lipinski definition) is 0. The first-order chi connectivity index (χ1) is 20.1. The molecule has 2 nitrogen and oxygen atoms in total. The summed E-state index contributed by atoms with van der Waals surface area (Å²) in [6.45, 7) is 4.74. The van der Waals surface area contributed by atoms with Crippen LogP contribution in [0.15, 0.2) is 146 Å². The smallest absolute Gasteiger partial charge is 0.0541 e. The minimum atomic E-state index is -0.144. The molecule has 0 radical (unpaired) electrons. The van der Waals surface area contributed by atoms with E-state index in [4.69, 9.17) is 0 Å². The second-order valence-electron chi connectivity index (χ2n) is 11.5. The number of aromatic nitrogens is 1. The van der Waals surface area contributed by atoms with Crippen molar-refractivity contribution in [2.45, 2.75) is 19.3 Å². The Balaban J connectivity index is 1.28. The zero-order chi connectivity index (χ0) is 27.6. The van der Waals surface area contributed by atoms with Crippen LogP contribution in [0.5, 0.6) is 0 Å². The van der Waals surface area contributed by atoms with Crippen LogP contribution >= 0.6 is 0 Å². The van der Waals surface area contributed by atoms with Gasteiger partial charge in [0.1, 0.15) is 0 Å². The summed E-state index contributed by atoms with van der Waals surface area (Å²) in [5.41, 5.74) is 12.4. The maximum atomic E-state index is 2.42. The summed E-state index contributed by atoms with van der Waals surface area (Å²) in [5.74, 6) is 0. The molecule has 1 aliphatic rings. The van der Waals surface area contributed by atoms with Gasteiger partial charge >= 0.3 is 0 Å². The van der Waals surface area contributed by atoms with Crippen molar-refractivity contribution in [3.8, 4) is 16.8 Å². The lowest BCUT2D eigenvalue weighted by Crippen LogP contribution is -2.17. The van der Waals surface area contributed by atoms with E-state index in [1.807, 2.05) is 0 Å². The molecule has 6 aromatic carbocycles. The molecule has 0 atom stereocenters. The van der Waals surface area contributed by atoms with Crippen LogP contribution < -0.4 is 4.90 Å². The molecule has 2 heteroatoms. The maximum Gasteiger partial charge on any atom is 0.0541 e. The zero-order valence-electron chi connectivity index (χ0n) is 23.3. The summed E-state index contributed by atoms with van der Waals surface area (Å²) in [5, 5.41) is 2.58. The van der Waals surface area contributed by atoms with Gasteiger partial charge in [0.15, 0.2) is 0 Å². The largest absolute Gasteiger partial charge is 0.310 e. The molecule has 1 heterocycles. The lowest BCUT2D eigenvalue weighted by atomic mass is 9.82. The number of benzene rings is 6. The van der Waals surface area contributed by atoms with Gasteiger partial charge in [-0.1, -0.05) is 98.8 Å². The summed E-state index contributed by atoms with van der Waals surface area (Å²) < 4.78 is 2.42. The van der Waals surface area contributed by atoms with Crippen LogP contribution in [0.2, 0.25) is 0 Å². The van der Waals surface area contributed by atoms with Crippen LogP contribution in [-0.2, 0) is 5.41 Å². The van der Waals surface area contributed by atoms with E-state index in [0.717, 1.165) is 11.4 Å². The van der Waals surface area contributed by atoms with Gasteiger partial charge < -0.3 is 9.47 Å². The highest BCUT2D eigenvalue weighted by molar-refractivity contribution is 6.09. The van der Waals surface area contributed by atoms with Gasteiger partial charge in [0.25, 0.3) is 0 Å². The van der Waals surface area contributed by atoms with Crippen LogP contribution in [0.3, 0.4) is 0 Å². The van der Waals surface area contributed by atoms with Gasteiger partial charge in [-0.05, 0) is 82.9 Å². The van der Waals surface area contributed by atoms with E-state index in [1.54, 1.807) is 0 Å². The van der Waals surface area contributed by atoms with E-state index in [-0.39, 0.29) is 5.41 Å². The van der Waals surface area contributed by atoms with Crippen molar-refractivity contribution in [2.24, 2.45) is 0 Å². The molecular formula is C39H30N2. The Morgan fingerprint density at radius 3 is 1.54 bits per heavy atom. The molecule has 8 rings (SSSR count). The third-order valence-electron chi connectivity index (χ3n) is 8.77. The molecule has 0 fully saturated rings. The molecular weight excluding hydrogens is 496 g/mol. The third kappa shape index (κ3) is 3.57. The minimum Gasteiger partial charge on any atom is -0.310 e.